The van der Waals surface area contributed by atoms with Crippen molar-refractivity contribution < 1.29 is 4.74 Å². The van der Waals surface area contributed by atoms with Gasteiger partial charge in [-0.15, -0.1) is 0 Å². The lowest BCUT2D eigenvalue weighted by molar-refractivity contribution is -0.166. The zero-order valence-corrected chi connectivity index (χ0v) is 10.9. The van der Waals surface area contributed by atoms with E-state index in [9.17, 15) is 0 Å². The van der Waals surface area contributed by atoms with Crippen LogP contribution in [0.2, 0.25) is 0 Å². The van der Waals surface area contributed by atoms with Crippen LogP contribution in [0, 0.1) is 5.41 Å². The van der Waals surface area contributed by atoms with E-state index >= 15 is 0 Å². The van der Waals surface area contributed by atoms with E-state index in [0.717, 1.165) is 6.42 Å². The summed E-state index contributed by atoms with van der Waals surface area (Å²) in [6.07, 6.45) is 11.1. The lowest BCUT2D eigenvalue weighted by Gasteiger charge is -2.57. The number of ether oxygens (including phenoxy) is 1. The zero-order valence-electron chi connectivity index (χ0n) is 10.9. The van der Waals surface area contributed by atoms with E-state index in [-0.39, 0.29) is 0 Å². The molecule has 0 aliphatic heterocycles. The largest absolute Gasteiger partial charge is 0.375 e. The van der Waals surface area contributed by atoms with Crippen molar-refractivity contribution >= 4 is 0 Å². The Bertz CT molecular complexity index is 223. The van der Waals surface area contributed by atoms with Gasteiger partial charge in [-0.1, -0.05) is 32.6 Å². The molecule has 0 radical (unpaired) electrons. The molecule has 2 aliphatic carbocycles. The van der Waals surface area contributed by atoms with Gasteiger partial charge in [0.2, 0.25) is 0 Å². The summed E-state index contributed by atoms with van der Waals surface area (Å²) in [5, 5.41) is 0. The molecule has 0 aromatic heterocycles. The first-order chi connectivity index (χ1) is 7.69. The van der Waals surface area contributed by atoms with E-state index in [4.69, 9.17) is 10.5 Å². The SMILES string of the molecule is CCCC(C)OC1CC(N)C12CCCCC2. The van der Waals surface area contributed by atoms with Crippen molar-refractivity contribution in [2.75, 3.05) is 0 Å². The Labute approximate surface area is 99.9 Å². The molecule has 3 unspecified atom stereocenters. The fourth-order valence-corrected chi connectivity index (χ4v) is 3.63. The second-order valence-electron chi connectivity index (χ2n) is 5.86. The van der Waals surface area contributed by atoms with Crippen molar-refractivity contribution in [1.29, 1.82) is 0 Å². The summed E-state index contributed by atoms with van der Waals surface area (Å²) in [5.41, 5.74) is 6.61. The molecule has 2 rings (SSSR count). The molecule has 0 aromatic rings. The first kappa shape index (κ1) is 12.4. The van der Waals surface area contributed by atoms with Crippen LogP contribution in [0.5, 0.6) is 0 Å². The molecular weight excluding hydrogens is 198 g/mol. The van der Waals surface area contributed by atoms with Crippen LogP contribution in [0.15, 0.2) is 0 Å². The lowest BCUT2D eigenvalue weighted by atomic mass is 9.55. The van der Waals surface area contributed by atoms with Crippen LogP contribution in [0.25, 0.3) is 0 Å². The van der Waals surface area contributed by atoms with Gasteiger partial charge in [0.05, 0.1) is 12.2 Å². The Morgan fingerprint density at radius 2 is 2.00 bits per heavy atom. The van der Waals surface area contributed by atoms with E-state index in [0.29, 0.717) is 23.7 Å². The van der Waals surface area contributed by atoms with Crippen molar-refractivity contribution in [2.24, 2.45) is 11.1 Å². The highest BCUT2D eigenvalue weighted by Gasteiger charge is 2.54. The predicted molar refractivity (Wildman–Crippen MR) is 67.4 cm³/mol. The van der Waals surface area contributed by atoms with E-state index in [2.05, 4.69) is 13.8 Å². The summed E-state index contributed by atoms with van der Waals surface area (Å²) in [6.45, 7) is 4.44. The average molecular weight is 225 g/mol. The molecular formula is C14H27NO. The maximum absolute atomic E-state index is 6.25. The molecule has 2 heteroatoms. The van der Waals surface area contributed by atoms with Crippen LogP contribution in [-0.2, 0) is 4.74 Å². The van der Waals surface area contributed by atoms with Crippen molar-refractivity contribution in [3.63, 3.8) is 0 Å². The van der Waals surface area contributed by atoms with Gasteiger partial charge in [-0.3, -0.25) is 0 Å². The van der Waals surface area contributed by atoms with Crippen molar-refractivity contribution in [2.45, 2.75) is 83.5 Å². The van der Waals surface area contributed by atoms with Crippen LogP contribution >= 0.6 is 0 Å². The third kappa shape index (κ3) is 2.14. The Balaban J connectivity index is 1.90. The Morgan fingerprint density at radius 1 is 1.31 bits per heavy atom. The molecule has 94 valence electrons. The molecule has 2 aliphatic rings. The van der Waals surface area contributed by atoms with Crippen molar-refractivity contribution in [3.05, 3.63) is 0 Å². The van der Waals surface area contributed by atoms with E-state index in [1.807, 2.05) is 0 Å². The van der Waals surface area contributed by atoms with E-state index in [1.54, 1.807) is 0 Å². The monoisotopic (exact) mass is 225 g/mol. The first-order valence-corrected chi connectivity index (χ1v) is 7.10. The molecule has 0 aromatic carbocycles. The molecule has 2 nitrogen and oxygen atoms in total. The minimum atomic E-state index is 0.361. The quantitative estimate of drug-likeness (QED) is 0.797. The van der Waals surface area contributed by atoms with Crippen LogP contribution < -0.4 is 5.73 Å². The molecule has 2 fully saturated rings. The predicted octanol–water partition coefficient (Wildman–Crippen LogP) is 3.24. The van der Waals surface area contributed by atoms with Crippen molar-refractivity contribution in [1.82, 2.24) is 0 Å². The van der Waals surface area contributed by atoms with Gasteiger partial charge in [0, 0.05) is 11.5 Å². The van der Waals surface area contributed by atoms with Gasteiger partial charge in [0.25, 0.3) is 0 Å². The molecule has 1 spiro atoms. The third-order valence-corrected chi connectivity index (χ3v) is 4.72. The van der Waals surface area contributed by atoms with Crippen LogP contribution in [0.4, 0.5) is 0 Å². The fraction of sp³-hybridized carbons (Fsp3) is 1.00. The van der Waals surface area contributed by atoms with Gasteiger partial charge in [-0.05, 0) is 32.6 Å². The summed E-state index contributed by atoms with van der Waals surface area (Å²) in [6, 6.07) is 0.409. The number of hydrogen-bond acceptors (Lipinski definition) is 2. The highest BCUT2D eigenvalue weighted by atomic mass is 16.5. The standard InChI is InChI=1S/C14H27NO/c1-3-7-11(2)16-13-10-12(15)14(13)8-5-4-6-9-14/h11-13H,3-10,15H2,1-2H3. The molecule has 2 saturated carbocycles. The lowest BCUT2D eigenvalue weighted by Crippen LogP contribution is -2.63. The maximum Gasteiger partial charge on any atom is 0.0664 e. The molecule has 0 amide bonds. The average Bonchev–Trinajstić information content (AvgIpc) is 2.30. The number of rotatable bonds is 4. The van der Waals surface area contributed by atoms with Crippen LogP contribution in [0.1, 0.15) is 65.2 Å². The minimum absolute atomic E-state index is 0.361. The topological polar surface area (TPSA) is 35.2 Å². The fourth-order valence-electron chi connectivity index (χ4n) is 3.63. The van der Waals surface area contributed by atoms with Crippen LogP contribution in [0.3, 0.4) is 0 Å². The van der Waals surface area contributed by atoms with E-state index in [1.165, 1.54) is 44.9 Å². The van der Waals surface area contributed by atoms with Gasteiger partial charge in [0.15, 0.2) is 0 Å². The molecule has 2 N–H and O–H groups in total. The highest BCUT2D eigenvalue weighted by Crippen LogP contribution is 2.52. The maximum atomic E-state index is 6.25. The third-order valence-electron chi connectivity index (χ3n) is 4.72. The Kier molecular flexibility index (Phi) is 3.91. The van der Waals surface area contributed by atoms with Gasteiger partial charge >= 0.3 is 0 Å². The number of nitrogens with two attached hydrogens (primary N) is 1. The first-order valence-electron chi connectivity index (χ1n) is 7.10. The molecule has 0 saturated heterocycles. The van der Waals surface area contributed by atoms with Gasteiger partial charge in [-0.2, -0.15) is 0 Å². The summed E-state index contributed by atoms with van der Waals surface area (Å²) >= 11 is 0. The number of hydrogen-bond donors (Lipinski definition) is 1. The molecule has 0 bridgehead atoms. The Morgan fingerprint density at radius 3 is 2.56 bits per heavy atom. The summed E-state index contributed by atoms with van der Waals surface area (Å²) < 4.78 is 6.21. The van der Waals surface area contributed by atoms with Crippen LogP contribution in [-0.4, -0.2) is 18.2 Å². The summed E-state index contributed by atoms with van der Waals surface area (Å²) in [5.74, 6) is 0. The summed E-state index contributed by atoms with van der Waals surface area (Å²) in [4.78, 5) is 0. The highest BCUT2D eigenvalue weighted by molar-refractivity contribution is 5.07. The van der Waals surface area contributed by atoms with Gasteiger partial charge in [0.1, 0.15) is 0 Å². The second kappa shape index (κ2) is 5.05. The molecule has 16 heavy (non-hydrogen) atoms. The second-order valence-corrected chi connectivity index (χ2v) is 5.86. The Hall–Kier alpha value is -0.0800. The summed E-state index contributed by atoms with van der Waals surface area (Å²) in [7, 11) is 0. The van der Waals surface area contributed by atoms with Crippen molar-refractivity contribution in [3.8, 4) is 0 Å². The van der Waals surface area contributed by atoms with E-state index < -0.39 is 0 Å². The molecule has 3 atom stereocenters. The smallest absolute Gasteiger partial charge is 0.0664 e. The van der Waals surface area contributed by atoms with Gasteiger partial charge < -0.3 is 10.5 Å². The minimum Gasteiger partial charge on any atom is -0.375 e. The zero-order chi connectivity index (χ0) is 11.6. The normalized spacial score (nSPS) is 34.7. The molecule has 0 heterocycles. The van der Waals surface area contributed by atoms with Gasteiger partial charge in [-0.25, -0.2) is 0 Å².